The summed E-state index contributed by atoms with van der Waals surface area (Å²) in [6, 6.07) is 11.6. The highest BCUT2D eigenvalue weighted by Crippen LogP contribution is 2.69. The Bertz CT molecular complexity index is 2190. The van der Waals surface area contributed by atoms with E-state index in [1.165, 1.54) is 26.7 Å². The lowest BCUT2D eigenvalue weighted by molar-refractivity contribution is -0.228. The number of rotatable bonds is 7. The molecular weight excluding hydrogens is 737 g/mol. The van der Waals surface area contributed by atoms with E-state index in [1.807, 2.05) is 31.0 Å². The number of benzene rings is 2. The fourth-order valence-corrected chi connectivity index (χ4v) is 14.9. The number of hydrogen-bond acceptors (Lipinski definition) is 12. The molecule has 1 N–H and O–H groups in total. The maximum Gasteiger partial charge on any atom is 0.344 e. The average molecular weight is 793 g/mol. The summed E-state index contributed by atoms with van der Waals surface area (Å²) in [7, 11) is 6.29. The SMILES string of the molecule is CC[C@@H]1C[C@@H]2C[C@](C(=O)OC)(c3cc4c(cc3OC)N(C)[C@H]3[C@@](O)(C(=O)OC)[C@H](OC(C)=O)[C@]5(CC)C=CCN6CC[C@]43[C@@H]65)C3=Nc4ccccc4C34CCN(C1)[C@H]24. The molecular formula is C46H56N4O8. The lowest BCUT2D eigenvalue weighted by Gasteiger charge is -2.63. The number of nitrogens with zero attached hydrogens (tertiary/aromatic N) is 4. The second kappa shape index (κ2) is 12.6. The van der Waals surface area contributed by atoms with Crippen LogP contribution in [0.3, 0.4) is 0 Å². The molecule has 12 nitrogen and oxygen atoms in total. The van der Waals surface area contributed by atoms with E-state index in [0.717, 1.165) is 55.0 Å². The number of piperidine rings is 1. The number of aliphatic imine (C=N–C) groups is 1. The normalized spacial score (nSPS) is 40.1. The van der Waals surface area contributed by atoms with Crippen LogP contribution in [-0.4, -0.2) is 123 Å². The summed E-state index contributed by atoms with van der Waals surface area (Å²) >= 11 is 0. The minimum absolute atomic E-state index is 0.179. The van der Waals surface area contributed by atoms with Gasteiger partial charge in [0.1, 0.15) is 11.2 Å². The summed E-state index contributed by atoms with van der Waals surface area (Å²) in [5.41, 5.74) is -0.512. The van der Waals surface area contributed by atoms with Crippen LogP contribution >= 0.6 is 0 Å². The summed E-state index contributed by atoms with van der Waals surface area (Å²) in [5.74, 6) is -0.579. The number of likely N-dealkylation sites (N-methyl/N-ethyl adjacent to an activating group) is 1. The Morgan fingerprint density at radius 3 is 2.41 bits per heavy atom. The van der Waals surface area contributed by atoms with Crippen molar-refractivity contribution in [1.29, 1.82) is 0 Å². The van der Waals surface area contributed by atoms with Crippen LogP contribution in [0.1, 0.15) is 76.0 Å². The lowest BCUT2D eigenvalue weighted by atomic mass is 9.47. The Morgan fingerprint density at radius 2 is 1.71 bits per heavy atom. The first-order chi connectivity index (χ1) is 27.9. The Balaban J connectivity index is 1.26. The molecule has 58 heavy (non-hydrogen) atoms. The molecule has 3 saturated heterocycles. The summed E-state index contributed by atoms with van der Waals surface area (Å²) in [6.07, 6.45) is 7.45. The van der Waals surface area contributed by atoms with E-state index in [1.54, 1.807) is 7.11 Å². The maximum atomic E-state index is 15.3. The fraction of sp³-hybridized carbons (Fsp3) is 0.609. The standard InChI is InChI=1S/C46H56N4O8/c1-8-27-21-28-24-45(40(52)56-6,36-43(16-20-50(25-27)35(28)43)29-13-10-11-14-32(29)47-36)31-22-30-33(23-34(31)55-5)48(4)38-44(30)17-19-49-18-12-15-42(9-2,37(44)49)39(58-26(3)51)46(38,54)41(53)57-7/h10-15,22-23,27-28,35,37-39,54H,8-9,16-21,24-25H2,1-7H3/t27-,28-,35-,37+,38-,39-,42-,43?,44-,45+,46+/m1/s1. The summed E-state index contributed by atoms with van der Waals surface area (Å²) < 4.78 is 24.0. The third-order valence-electron chi connectivity index (χ3n) is 16.6. The molecule has 0 radical (unpaired) electrons. The van der Waals surface area contributed by atoms with Crippen LogP contribution in [0.4, 0.5) is 11.4 Å². The van der Waals surface area contributed by atoms with Crippen molar-refractivity contribution in [2.45, 2.75) is 105 Å². The molecule has 2 aliphatic carbocycles. The van der Waals surface area contributed by atoms with Crippen LogP contribution in [0, 0.1) is 17.3 Å². The van der Waals surface area contributed by atoms with Crippen LogP contribution in [0.15, 0.2) is 53.5 Å². The van der Waals surface area contributed by atoms with E-state index in [0.29, 0.717) is 49.6 Å². The molecule has 8 aliphatic rings. The molecule has 2 aromatic rings. The fourth-order valence-electron chi connectivity index (χ4n) is 14.9. The van der Waals surface area contributed by atoms with Crippen molar-refractivity contribution in [3.63, 3.8) is 0 Å². The largest absolute Gasteiger partial charge is 0.496 e. The van der Waals surface area contributed by atoms with Crippen molar-refractivity contribution >= 4 is 35.0 Å². The highest BCUT2D eigenvalue weighted by molar-refractivity contribution is 6.21. The van der Waals surface area contributed by atoms with Crippen molar-refractivity contribution in [1.82, 2.24) is 9.80 Å². The highest BCUT2D eigenvalue weighted by Gasteiger charge is 2.81. The van der Waals surface area contributed by atoms with Crippen LogP contribution in [-0.2, 0) is 44.8 Å². The Morgan fingerprint density at radius 1 is 0.948 bits per heavy atom. The number of para-hydroxylation sites is 1. The van der Waals surface area contributed by atoms with Crippen molar-refractivity contribution in [3.05, 3.63) is 65.2 Å². The van der Waals surface area contributed by atoms with Gasteiger partial charge in [-0.15, -0.1) is 0 Å². The van der Waals surface area contributed by atoms with Crippen molar-refractivity contribution in [2.75, 3.05) is 59.5 Å². The van der Waals surface area contributed by atoms with E-state index in [-0.39, 0.29) is 24.0 Å². The molecule has 0 bridgehead atoms. The third kappa shape index (κ3) is 4.22. The minimum atomic E-state index is -2.27. The maximum absolute atomic E-state index is 15.3. The Hall–Kier alpha value is -4.26. The second-order valence-electron chi connectivity index (χ2n) is 18.5. The molecule has 6 aliphatic heterocycles. The zero-order valence-corrected chi connectivity index (χ0v) is 34.7. The van der Waals surface area contributed by atoms with Gasteiger partial charge in [0.15, 0.2) is 6.10 Å². The van der Waals surface area contributed by atoms with Gasteiger partial charge in [-0.2, -0.15) is 0 Å². The number of esters is 3. The van der Waals surface area contributed by atoms with E-state index >= 15 is 4.79 Å². The van der Waals surface area contributed by atoms with E-state index in [4.69, 9.17) is 23.9 Å². The summed E-state index contributed by atoms with van der Waals surface area (Å²) in [5, 5.41) is 13.3. The molecule has 0 amide bonds. The first kappa shape index (κ1) is 38.0. The monoisotopic (exact) mass is 792 g/mol. The van der Waals surface area contributed by atoms with Gasteiger partial charge in [0.25, 0.3) is 0 Å². The molecule has 308 valence electrons. The first-order valence-electron chi connectivity index (χ1n) is 21.3. The van der Waals surface area contributed by atoms with Crippen molar-refractivity contribution in [2.24, 2.45) is 22.2 Å². The zero-order chi connectivity index (χ0) is 40.7. The lowest BCUT2D eigenvalue weighted by Crippen LogP contribution is -2.81. The van der Waals surface area contributed by atoms with Gasteiger partial charge in [-0.25, -0.2) is 4.79 Å². The molecule has 0 aromatic heterocycles. The number of carbonyl (C=O) groups is 3. The molecule has 11 atom stereocenters. The smallest absolute Gasteiger partial charge is 0.344 e. The van der Waals surface area contributed by atoms with E-state index < -0.39 is 51.3 Å². The Labute approximate surface area is 340 Å². The van der Waals surface area contributed by atoms with Gasteiger partial charge in [-0.1, -0.05) is 50.6 Å². The van der Waals surface area contributed by atoms with Gasteiger partial charge < -0.3 is 29.0 Å². The second-order valence-corrected chi connectivity index (χ2v) is 18.5. The molecule has 12 heteroatoms. The highest BCUT2D eigenvalue weighted by atomic mass is 16.6. The quantitative estimate of drug-likeness (QED) is 0.240. The van der Waals surface area contributed by atoms with E-state index in [2.05, 4.69) is 53.1 Å². The van der Waals surface area contributed by atoms with Gasteiger partial charge >= 0.3 is 17.9 Å². The average Bonchev–Trinajstić information content (AvgIpc) is 3.99. The van der Waals surface area contributed by atoms with Gasteiger partial charge in [0, 0.05) is 67.3 Å². The predicted molar refractivity (Wildman–Crippen MR) is 217 cm³/mol. The Kier molecular flexibility index (Phi) is 8.27. The first-order valence-corrected chi connectivity index (χ1v) is 21.3. The van der Waals surface area contributed by atoms with E-state index in [9.17, 15) is 14.7 Å². The number of aliphatic hydroxyl groups is 1. The van der Waals surface area contributed by atoms with Crippen LogP contribution in [0.5, 0.6) is 5.75 Å². The van der Waals surface area contributed by atoms with Crippen LogP contribution in [0.25, 0.3) is 0 Å². The molecule has 2 saturated carbocycles. The summed E-state index contributed by atoms with van der Waals surface area (Å²) in [4.78, 5) is 55.3. The molecule has 5 fully saturated rings. The van der Waals surface area contributed by atoms with Crippen LogP contribution in [0.2, 0.25) is 0 Å². The van der Waals surface area contributed by atoms with Crippen molar-refractivity contribution < 1.29 is 38.4 Å². The number of anilines is 1. The molecule has 1 unspecified atom stereocenters. The van der Waals surface area contributed by atoms with Gasteiger partial charge in [-0.3, -0.25) is 24.4 Å². The molecule has 6 heterocycles. The zero-order valence-electron chi connectivity index (χ0n) is 34.7. The molecule has 2 aromatic carbocycles. The topological polar surface area (TPSA) is 130 Å². The minimum Gasteiger partial charge on any atom is -0.496 e. The number of methoxy groups -OCH3 is 3. The molecule has 2 spiro atoms. The third-order valence-corrected chi connectivity index (χ3v) is 16.6. The molecule has 10 rings (SSSR count). The van der Waals surface area contributed by atoms with Crippen LogP contribution < -0.4 is 9.64 Å². The number of ether oxygens (including phenoxy) is 4. The summed E-state index contributed by atoms with van der Waals surface area (Å²) in [6.45, 7) is 8.97. The number of hydrogen-bond donors (Lipinski definition) is 1. The number of fused-ring (bicyclic) bond motifs is 2. The van der Waals surface area contributed by atoms with Gasteiger partial charge in [-0.05, 0) is 80.3 Å². The van der Waals surface area contributed by atoms with Gasteiger partial charge in [0.2, 0.25) is 5.60 Å². The number of carbonyl (C=O) groups excluding carboxylic acids is 3. The van der Waals surface area contributed by atoms with Crippen molar-refractivity contribution in [3.8, 4) is 5.75 Å². The predicted octanol–water partition coefficient (Wildman–Crippen LogP) is 4.60. The van der Waals surface area contributed by atoms with Gasteiger partial charge in [0.05, 0.1) is 44.2 Å².